The van der Waals surface area contributed by atoms with Gasteiger partial charge < -0.3 is 5.11 Å². The highest BCUT2D eigenvalue weighted by Gasteiger charge is 2.57. The molecule has 7 unspecified atom stereocenters. The molecule has 25 heavy (non-hydrogen) atoms. The number of fused-ring (bicyclic) bond motifs is 5. The molecular weight excluding hydrogens is 376 g/mol. The van der Waals surface area contributed by atoms with Crippen LogP contribution in [0.25, 0.3) is 0 Å². The Bertz CT molecular complexity index is 624. The summed E-state index contributed by atoms with van der Waals surface area (Å²) in [5, 5.41) is 10.6. The zero-order valence-electron chi connectivity index (χ0n) is 15.5. The molecule has 4 aliphatic carbocycles. The van der Waals surface area contributed by atoms with E-state index in [4.69, 9.17) is 0 Å². The molecule has 0 saturated heterocycles. The minimum Gasteiger partial charge on any atom is -0.393 e. The molecule has 3 heteroatoms. The average molecular weight is 407 g/mol. The van der Waals surface area contributed by atoms with Crippen molar-refractivity contribution in [1.29, 1.82) is 0 Å². The van der Waals surface area contributed by atoms with E-state index in [0.717, 1.165) is 50.0 Å². The zero-order valence-corrected chi connectivity index (χ0v) is 17.1. The smallest absolute Gasteiger partial charge is 0.169 e. The molecule has 0 aromatic heterocycles. The maximum Gasteiger partial charge on any atom is 0.169 e. The molecule has 138 valence electrons. The third-order valence-electron chi connectivity index (χ3n) is 8.45. The number of allylic oxidation sites excluding steroid dienone is 4. The van der Waals surface area contributed by atoms with Crippen LogP contribution < -0.4 is 0 Å². The van der Waals surface area contributed by atoms with Crippen LogP contribution in [0, 0.1) is 34.5 Å². The fourth-order valence-electron chi connectivity index (χ4n) is 7.01. The molecule has 4 aliphatic rings. The first-order chi connectivity index (χ1) is 11.9. The summed E-state index contributed by atoms with van der Waals surface area (Å²) in [6.07, 6.45) is 14.6. The highest BCUT2D eigenvalue weighted by atomic mass is 79.9. The molecule has 0 radical (unpaired) electrons. The predicted octanol–water partition coefficient (Wildman–Crippen LogP) is 5.06. The predicted molar refractivity (Wildman–Crippen MR) is 105 cm³/mol. The minimum absolute atomic E-state index is 0.0736. The number of aliphatic hydroxyl groups is 1. The van der Waals surface area contributed by atoms with Crippen LogP contribution >= 0.6 is 15.9 Å². The Morgan fingerprint density at radius 2 is 2.04 bits per heavy atom. The molecule has 2 nitrogen and oxygen atoms in total. The van der Waals surface area contributed by atoms with Gasteiger partial charge in [0.1, 0.15) is 0 Å². The molecule has 2 saturated carbocycles. The van der Waals surface area contributed by atoms with Gasteiger partial charge in [0.05, 0.1) is 11.4 Å². The van der Waals surface area contributed by atoms with E-state index in [2.05, 4.69) is 48.0 Å². The first-order valence-electron chi connectivity index (χ1n) is 10.0. The summed E-state index contributed by atoms with van der Waals surface area (Å²) in [5.41, 5.74) is 1.49. The standard InChI is InChI=1S/C22H31BrO2/c1-21-10-8-15(24)12-14(21)4-3-5-16-17-6-7-19(20(25)13-23)22(17,2)11-9-18(16)21/h3-4,7,14-18,24H,5-6,8-13H2,1-2H3. The van der Waals surface area contributed by atoms with E-state index in [9.17, 15) is 9.90 Å². The number of ketones is 1. The zero-order chi connectivity index (χ0) is 17.8. The summed E-state index contributed by atoms with van der Waals surface area (Å²) in [4.78, 5) is 12.5. The molecule has 0 spiro atoms. The molecule has 0 amide bonds. The fraction of sp³-hybridized carbons (Fsp3) is 0.773. The maximum atomic E-state index is 12.5. The van der Waals surface area contributed by atoms with Crippen LogP contribution in [0.2, 0.25) is 0 Å². The summed E-state index contributed by atoms with van der Waals surface area (Å²) in [6, 6.07) is 0. The van der Waals surface area contributed by atoms with E-state index in [-0.39, 0.29) is 17.3 Å². The van der Waals surface area contributed by atoms with E-state index < -0.39 is 0 Å². The second-order valence-corrected chi connectivity index (χ2v) is 10.0. The van der Waals surface area contributed by atoms with E-state index in [0.29, 0.717) is 28.5 Å². The highest BCUT2D eigenvalue weighted by molar-refractivity contribution is 9.09. The fourth-order valence-corrected chi connectivity index (χ4v) is 7.31. The second-order valence-electron chi connectivity index (χ2n) is 9.45. The van der Waals surface area contributed by atoms with E-state index in [1.165, 1.54) is 6.42 Å². The van der Waals surface area contributed by atoms with Crippen LogP contribution in [0.15, 0.2) is 23.8 Å². The van der Waals surface area contributed by atoms with Gasteiger partial charge in [0.2, 0.25) is 0 Å². The van der Waals surface area contributed by atoms with Crippen molar-refractivity contribution >= 4 is 21.7 Å². The van der Waals surface area contributed by atoms with Crippen molar-refractivity contribution in [3.63, 3.8) is 0 Å². The van der Waals surface area contributed by atoms with E-state index in [1.807, 2.05) is 0 Å². The Morgan fingerprint density at radius 3 is 2.80 bits per heavy atom. The molecule has 7 atom stereocenters. The number of aliphatic hydroxyl groups excluding tert-OH is 1. The molecule has 1 N–H and O–H groups in total. The Balaban J connectivity index is 1.65. The third-order valence-corrected chi connectivity index (χ3v) is 8.96. The first kappa shape index (κ1) is 18.0. The monoisotopic (exact) mass is 406 g/mol. The number of halogens is 1. The lowest BCUT2D eigenvalue weighted by Crippen LogP contribution is -2.49. The van der Waals surface area contributed by atoms with Crippen LogP contribution in [0.1, 0.15) is 58.8 Å². The lowest BCUT2D eigenvalue weighted by atomic mass is 9.49. The summed E-state index contributed by atoms with van der Waals surface area (Å²) >= 11 is 3.38. The topological polar surface area (TPSA) is 37.3 Å². The van der Waals surface area contributed by atoms with Crippen LogP contribution in [0.5, 0.6) is 0 Å². The Hall–Kier alpha value is -0.410. The van der Waals surface area contributed by atoms with Gasteiger partial charge in [-0.25, -0.2) is 0 Å². The lowest BCUT2D eigenvalue weighted by molar-refractivity contribution is -0.115. The Morgan fingerprint density at radius 1 is 1.24 bits per heavy atom. The maximum absolute atomic E-state index is 12.5. The third kappa shape index (κ3) is 2.64. The van der Waals surface area contributed by atoms with Gasteiger partial charge in [-0.1, -0.05) is 48.0 Å². The number of rotatable bonds is 2. The number of hydrogen-bond acceptors (Lipinski definition) is 2. The largest absolute Gasteiger partial charge is 0.393 e. The van der Waals surface area contributed by atoms with Crippen molar-refractivity contribution in [3.05, 3.63) is 23.8 Å². The van der Waals surface area contributed by atoms with Crippen LogP contribution in [0.3, 0.4) is 0 Å². The van der Waals surface area contributed by atoms with Gasteiger partial charge in [-0.3, -0.25) is 4.79 Å². The van der Waals surface area contributed by atoms with Crippen molar-refractivity contribution < 1.29 is 9.90 Å². The van der Waals surface area contributed by atoms with Gasteiger partial charge in [0.15, 0.2) is 5.78 Å². The van der Waals surface area contributed by atoms with E-state index in [1.54, 1.807) is 0 Å². The molecule has 0 aliphatic heterocycles. The average Bonchev–Trinajstić information content (AvgIpc) is 2.87. The summed E-state index contributed by atoms with van der Waals surface area (Å²) in [7, 11) is 0. The Kier molecular flexibility index (Phi) is 4.56. The van der Waals surface area contributed by atoms with Crippen molar-refractivity contribution in [2.75, 3.05) is 5.33 Å². The molecular formula is C22H31BrO2. The van der Waals surface area contributed by atoms with Crippen LogP contribution in [-0.4, -0.2) is 22.3 Å². The van der Waals surface area contributed by atoms with Crippen LogP contribution in [0.4, 0.5) is 0 Å². The van der Waals surface area contributed by atoms with Crippen molar-refractivity contribution in [1.82, 2.24) is 0 Å². The number of carbonyl (C=O) groups excluding carboxylic acids is 1. The van der Waals surface area contributed by atoms with Gasteiger partial charge in [0, 0.05) is 0 Å². The van der Waals surface area contributed by atoms with E-state index >= 15 is 0 Å². The molecule has 0 aromatic carbocycles. The molecule has 0 aromatic rings. The number of Topliss-reactive ketones (excluding diaryl/α,β-unsaturated/α-hetero) is 1. The van der Waals surface area contributed by atoms with Gasteiger partial charge in [-0.05, 0) is 85.0 Å². The number of carbonyl (C=O) groups is 1. The summed E-state index contributed by atoms with van der Waals surface area (Å²) in [5.74, 6) is 2.82. The quantitative estimate of drug-likeness (QED) is 0.513. The summed E-state index contributed by atoms with van der Waals surface area (Å²) < 4.78 is 0. The minimum atomic E-state index is -0.121. The normalized spacial score (nSPS) is 48.8. The van der Waals surface area contributed by atoms with Gasteiger partial charge in [-0.15, -0.1) is 0 Å². The SMILES string of the molecule is CC12CCC3C(CC=CC4CC(O)CCC43C)C1CC=C2C(=O)CBr. The molecule has 0 bridgehead atoms. The highest BCUT2D eigenvalue weighted by Crippen LogP contribution is 2.64. The van der Waals surface area contributed by atoms with Gasteiger partial charge in [-0.2, -0.15) is 0 Å². The second kappa shape index (κ2) is 6.34. The van der Waals surface area contributed by atoms with Gasteiger partial charge >= 0.3 is 0 Å². The molecule has 2 fully saturated rings. The van der Waals surface area contributed by atoms with Crippen molar-refractivity contribution in [2.45, 2.75) is 64.9 Å². The molecule has 0 heterocycles. The number of hydrogen-bond donors (Lipinski definition) is 1. The first-order valence-corrected chi connectivity index (χ1v) is 11.2. The van der Waals surface area contributed by atoms with Crippen molar-refractivity contribution in [2.24, 2.45) is 34.5 Å². The number of alkyl halides is 1. The Labute approximate surface area is 160 Å². The van der Waals surface area contributed by atoms with Gasteiger partial charge in [0.25, 0.3) is 0 Å². The lowest BCUT2D eigenvalue weighted by Gasteiger charge is -2.55. The molecule has 4 rings (SSSR count). The van der Waals surface area contributed by atoms with Crippen molar-refractivity contribution in [3.8, 4) is 0 Å². The summed E-state index contributed by atoms with van der Waals surface area (Å²) in [6.45, 7) is 4.85. The van der Waals surface area contributed by atoms with Crippen LogP contribution in [-0.2, 0) is 4.79 Å².